The fourth-order valence-electron chi connectivity index (χ4n) is 2.86. The third-order valence-electron chi connectivity index (χ3n) is 4.22. The maximum atomic E-state index is 12.4. The van der Waals surface area contributed by atoms with Gasteiger partial charge in [0.05, 0.1) is 12.3 Å². The summed E-state index contributed by atoms with van der Waals surface area (Å²) < 4.78 is 16.5. The third kappa shape index (κ3) is 5.28. The lowest BCUT2D eigenvalue weighted by Gasteiger charge is -2.31. The molecule has 29 heavy (non-hydrogen) atoms. The highest BCUT2D eigenvalue weighted by Crippen LogP contribution is 2.33. The van der Waals surface area contributed by atoms with E-state index in [-0.39, 0.29) is 18.6 Å². The Bertz CT molecular complexity index is 941. The molecule has 7 nitrogen and oxygen atoms in total. The highest BCUT2D eigenvalue weighted by molar-refractivity contribution is 6.00. The summed E-state index contributed by atoms with van der Waals surface area (Å²) in [5.41, 5.74) is 1.30. The van der Waals surface area contributed by atoms with E-state index in [0.717, 1.165) is 5.56 Å². The normalized spacial score (nSPS) is 16.9. The van der Waals surface area contributed by atoms with Gasteiger partial charge in [0.15, 0.2) is 5.60 Å². The predicted octanol–water partition coefficient (Wildman–Crippen LogP) is 4.46. The van der Waals surface area contributed by atoms with Crippen LogP contribution < -0.4 is 20.1 Å². The molecule has 1 atom stereocenters. The molecule has 7 heteroatoms. The molecule has 0 saturated carbocycles. The zero-order valence-electron chi connectivity index (χ0n) is 16.7. The number of carbonyl (C=O) groups is 2. The number of carbonyl (C=O) groups excluding carboxylic acids is 2. The number of rotatable bonds is 6. The van der Waals surface area contributed by atoms with Gasteiger partial charge in [0.25, 0.3) is 0 Å². The van der Waals surface area contributed by atoms with Gasteiger partial charge in [-0.15, -0.1) is 0 Å². The summed E-state index contributed by atoms with van der Waals surface area (Å²) >= 11 is 0. The number of anilines is 2. The summed E-state index contributed by atoms with van der Waals surface area (Å²) in [7, 11) is 0. The molecule has 152 valence electrons. The summed E-state index contributed by atoms with van der Waals surface area (Å²) in [6, 6.07) is 12.2. The van der Waals surface area contributed by atoms with Crippen LogP contribution in [0.5, 0.6) is 11.5 Å². The number of esters is 1. The quantitative estimate of drug-likeness (QED) is 0.704. The monoisotopic (exact) mass is 396 g/mol. The molecule has 2 N–H and O–H groups in total. The minimum atomic E-state index is -0.728. The molecule has 0 aliphatic carbocycles. The van der Waals surface area contributed by atoms with Crippen molar-refractivity contribution >= 4 is 29.5 Å². The van der Waals surface area contributed by atoms with E-state index < -0.39 is 5.60 Å². The van der Waals surface area contributed by atoms with Crippen LogP contribution in [0.25, 0.3) is 6.08 Å². The number of hydrogen-bond donors (Lipinski definition) is 2. The lowest BCUT2D eigenvalue weighted by atomic mass is 10.0. The zero-order valence-corrected chi connectivity index (χ0v) is 16.7. The third-order valence-corrected chi connectivity index (χ3v) is 4.22. The number of hydrogen-bond acceptors (Lipinski definition) is 5. The van der Waals surface area contributed by atoms with Crippen molar-refractivity contribution in [3.63, 3.8) is 0 Å². The molecule has 0 radical (unpaired) electrons. The SMILES string of the molecule is CCOc1ccccc1NC(=O)Nc1ccc2c(c1)C=CC(C)(COC(C)=O)O2. The number of nitrogens with one attached hydrogen (secondary N) is 2. The molecule has 0 saturated heterocycles. The van der Waals surface area contributed by atoms with Gasteiger partial charge in [0, 0.05) is 18.2 Å². The Morgan fingerprint density at radius 3 is 2.69 bits per heavy atom. The topological polar surface area (TPSA) is 85.9 Å². The van der Waals surface area contributed by atoms with E-state index in [1.54, 1.807) is 24.3 Å². The number of benzene rings is 2. The summed E-state index contributed by atoms with van der Waals surface area (Å²) in [5.74, 6) is 0.902. The van der Waals surface area contributed by atoms with Gasteiger partial charge in [0.2, 0.25) is 0 Å². The van der Waals surface area contributed by atoms with Gasteiger partial charge in [-0.25, -0.2) is 4.79 Å². The molecule has 1 heterocycles. The van der Waals surface area contributed by atoms with Crippen molar-refractivity contribution in [1.82, 2.24) is 0 Å². The van der Waals surface area contributed by atoms with E-state index in [2.05, 4.69) is 10.6 Å². The lowest BCUT2D eigenvalue weighted by molar-refractivity contribution is -0.145. The maximum Gasteiger partial charge on any atom is 0.323 e. The van der Waals surface area contributed by atoms with Gasteiger partial charge in [-0.3, -0.25) is 4.79 Å². The van der Waals surface area contributed by atoms with Gasteiger partial charge in [-0.1, -0.05) is 18.2 Å². The van der Waals surface area contributed by atoms with E-state index in [4.69, 9.17) is 14.2 Å². The van der Waals surface area contributed by atoms with Crippen molar-refractivity contribution in [2.75, 3.05) is 23.8 Å². The van der Waals surface area contributed by atoms with Gasteiger partial charge < -0.3 is 24.8 Å². The van der Waals surface area contributed by atoms with Crippen LogP contribution in [0.15, 0.2) is 48.5 Å². The van der Waals surface area contributed by atoms with Crippen LogP contribution >= 0.6 is 0 Å². The average molecular weight is 396 g/mol. The molecular weight excluding hydrogens is 372 g/mol. The van der Waals surface area contributed by atoms with Crippen molar-refractivity contribution in [2.45, 2.75) is 26.4 Å². The fourth-order valence-corrected chi connectivity index (χ4v) is 2.86. The van der Waals surface area contributed by atoms with Crippen LogP contribution in [0, 0.1) is 0 Å². The van der Waals surface area contributed by atoms with E-state index in [9.17, 15) is 9.59 Å². The van der Waals surface area contributed by atoms with Gasteiger partial charge >= 0.3 is 12.0 Å². The maximum absolute atomic E-state index is 12.4. The summed E-state index contributed by atoms with van der Waals surface area (Å²) in [6.45, 7) is 5.72. The van der Waals surface area contributed by atoms with E-state index >= 15 is 0 Å². The highest BCUT2D eigenvalue weighted by Gasteiger charge is 2.29. The standard InChI is InChI=1S/C22H24N2O5/c1-4-27-20-8-6-5-7-18(20)24-21(26)23-17-9-10-19-16(13-17)11-12-22(3,29-19)14-28-15(2)25/h5-13H,4,14H2,1-3H3,(H2,23,24,26). The Hall–Kier alpha value is -3.48. The van der Waals surface area contributed by atoms with E-state index in [0.29, 0.717) is 29.5 Å². The molecule has 1 unspecified atom stereocenters. The smallest absolute Gasteiger partial charge is 0.323 e. The highest BCUT2D eigenvalue weighted by atomic mass is 16.6. The van der Waals surface area contributed by atoms with Crippen LogP contribution in [0.4, 0.5) is 16.2 Å². The second-order valence-corrected chi connectivity index (χ2v) is 6.79. The van der Waals surface area contributed by atoms with Gasteiger partial charge in [-0.05, 0) is 50.3 Å². The summed E-state index contributed by atoms with van der Waals surface area (Å²) in [5, 5.41) is 5.60. The summed E-state index contributed by atoms with van der Waals surface area (Å²) in [6.07, 6.45) is 3.72. The molecule has 2 aromatic carbocycles. The van der Waals surface area contributed by atoms with Gasteiger partial charge in [-0.2, -0.15) is 0 Å². The molecule has 0 fully saturated rings. The number of ether oxygens (including phenoxy) is 3. The van der Waals surface area contributed by atoms with Crippen LogP contribution in [0.1, 0.15) is 26.3 Å². The van der Waals surface area contributed by atoms with Crippen molar-refractivity contribution in [3.8, 4) is 11.5 Å². The zero-order chi connectivity index (χ0) is 20.9. The molecule has 1 aliphatic rings. The molecule has 0 aromatic heterocycles. The average Bonchev–Trinajstić information content (AvgIpc) is 2.68. The van der Waals surface area contributed by atoms with Crippen LogP contribution in [-0.2, 0) is 9.53 Å². The number of fused-ring (bicyclic) bond motifs is 1. The Morgan fingerprint density at radius 1 is 1.14 bits per heavy atom. The van der Waals surface area contributed by atoms with Crippen molar-refractivity contribution in [2.24, 2.45) is 0 Å². The van der Waals surface area contributed by atoms with Crippen molar-refractivity contribution in [3.05, 3.63) is 54.1 Å². The molecule has 2 aromatic rings. The number of para-hydroxylation sites is 2. The first-order valence-corrected chi connectivity index (χ1v) is 9.34. The minimum Gasteiger partial charge on any atom is -0.492 e. The van der Waals surface area contributed by atoms with Gasteiger partial charge in [0.1, 0.15) is 18.1 Å². The van der Waals surface area contributed by atoms with Crippen LogP contribution in [-0.4, -0.2) is 30.8 Å². The predicted molar refractivity (Wildman–Crippen MR) is 111 cm³/mol. The Balaban J connectivity index is 1.66. The first-order valence-electron chi connectivity index (χ1n) is 9.34. The first kappa shape index (κ1) is 20.3. The van der Waals surface area contributed by atoms with Crippen LogP contribution in [0.3, 0.4) is 0 Å². The summed E-state index contributed by atoms with van der Waals surface area (Å²) in [4.78, 5) is 23.4. The van der Waals surface area contributed by atoms with E-state index in [1.165, 1.54) is 6.92 Å². The number of urea groups is 1. The first-order chi connectivity index (χ1) is 13.9. The molecule has 0 spiro atoms. The Kier molecular flexibility index (Phi) is 6.07. The molecule has 2 amide bonds. The second-order valence-electron chi connectivity index (χ2n) is 6.79. The molecule has 3 rings (SSSR count). The molecule has 0 bridgehead atoms. The Morgan fingerprint density at radius 2 is 1.93 bits per heavy atom. The lowest BCUT2D eigenvalue weighted by Crippen LogP contribution is -2.37. The second kappa shape index (κ2) is 8.68. The number of amides is 2. The van der Waals surface area contributed by atoms with Crippen molar-refractivity contribution < 1.29 is 23.8 Å². The molecule has 1 aliphatic heterocycles. The van der Waals surface area contributed by atoms with Crippen LogP contribution in [0.2, 0.25) is 0 Å². The molecular formula is C22H24N2O5. The minimum absolute atomic E-state index is 0.125. The largest absolute Gasteiger partial charge is 0.492 e. The van der Waals surface area contributed by atoms with E-state index in [1.807, 2.05) is 44.2 Å². The fraction of sp³-hybridized carbons (Fsp3) is 0.273. The van der Waals surface area contributed by atoms with Crippen molar-refractivity contribution in [1.29, 1.82) is 0 Å². The Labute approximate surface area is 169 Å².